The molecule has 1 aliphatic rings. The number of carboxylic acid groups (broad SMARTS) is 1. The molecular formula is C105H131BBr2Cl4F4N14O17. The van der Waals surface area contributed by atoms with Gasteiger partial charge in [-0.3, -0.25) is 19.5 Å². The van der Waals surface area contributed by atoms with E-state index in [9.17, 15) is 60.7 Å². The third kappa shape index (κ3) is 48.1. The molecule has 0 radical (unpaired) electrons. The van der Waals surface area contributed by atoms with Crippen LogP contribution >= 0.6 is 79.9 Å². The Labute approximate surface area is 895 Å². The Morgan fingerprint density at radius 2 is 0.735 bits per heavy atom. The number of nitrogens with one attached hydrogen (secondary N) is 5. The molecule has 42 heteroatoms. The minimum absolute atomic E-state index is 0. The summed E-state index contributed by atoms with van der Waals surface area (Å²) < 4.78 is 94.3. The maximum atomic E-state index is 13.4. The van der Waals surface area contributed by atoms with Gasteiger partial charge in [-0.25, -0.2) is 46.3 Å². The molecule has 0 atom stereocenters. The summed E-state index contributed by atoms with van der Waals surface area (Å²) in [6, 6.07) is 52.1. The van der Waals surface area contributed by atoms with Gasteiger partial charge < -0.3 is 79.8 Å². The monoisotopic (exact) mass is 2240 g/mol. The van der Waals surface area contributed by atoms with Crippen molar-refractivity contribution in [2.24, 2.45) is 5.73 Å². The van der Waals surface area contributed by atoms with Crippen molar-refractivity contribution in [3.8, 4) is 22.3 Å². The number of carbonyl (C=O) groups is 9. The molecule has 11 aromatic rings. The number of alkyl carbamates (subject to hydrolysis) is 3. The topological polar surface area (TPSA) is 387 Å². The highest BCUT2D eigenvalue weighted by molar-refractivity contribution is 9.10. The summed E-state index contributed by atoms with van der Waals surface area (Å²) in [5, 5.41) is 34.6. The van der Waals surface area contributed by atoms with E-state index in [4.69, 9.17) is 67.0 Å². The highest BCUT2D eigenvalue weighted by Crippen LogP contribution is 2.37. The zero-order chi connectivity index (χ0) is 108. The third-order valence-corrected chi connectivity index (χ3v) is 21.0. The number of H-pyrrole nitrogens is 1. The number of rotatable bonds is 26. The first kappa shape index (κ1) is 127. The van der Waals surface area contributed by atoms with Gasteiger partial charge in [0.2, 0.25) is 0 Å². The van der Waals surface area contributed by atoms with Gasteiger partial charge in [0.05, 0.1) is 34.5 Å². The summed E-state index contributed by atoms with van der Waals surface area (Å²) >= 11 is 16.1. The van der Waals surface area contributed by atoms with Crippen LogP contribution in [0.15, 0.2) is 240 Å². The molecule has 0 unspecified atom stereocenters. The van der Waals surface area contributed by atoms with Gasteiger partial charge in [0.1, 0.15) is 51.3 Å². The molecule has 0 saturated carbocycles. The number of halogens is 10. The molecule has 3 aromatic heterocycles. The molecule has 6 amide bonds. The molecule has 1 aliphatic heterocycles. The lowest BCUT2D eigenvalue weighted by atomic mass is 9.82. The largest absolute Gasteiger partial charge is 0.498 e. The van der Waals surface area contributed by atoms with Crippen LogP contribution in [-0.4, -0.2) is 208 Å². The van der Waals surface area contributed by atoms with Gasteiger partial charge in [0.25, 0.3) is 17.7 Å². The van der Waals surface area contributed by atoms with E-state index in [-0.39, 0.29) is 104 Å². The number of carbonyl (C=O) groups excluding carboxylic acids is 8. The Bertz CT molecular complexity index is 5910. The number of benzene rings is 8. The summed E-state index contributed by atoms with van der Waals surface area (Å²) in [5.41, 5.74) is 11.2. The number of carboxylic acids is 1. The zero-order valence-corrected chi connectivity index (χ0v) is 92.0. The number of nitrogens with zero attached hydrogens (tertiary/aromatic N) is 8. The molecule has 1 fully saturated rings. The standard InChI is InChI=1S/C29H35FN4O5.C21H24BrFN2O3.C19H19FN4O.C14H23BN2O4.C14H21FN2O2.C7H5BrO2.CH2Cl2.2ClH/c1-28(2,3)38-26(36)31-15-16-33(18-20-7-13-24(30)14-8-20)25(35)22-11-9-21(10-12-22)23-17-32-34(19-23)27(37)39-29(4,5)6;1-21(2,3)28-20(27)24-12-13-25(14-15-4-10-18(23)11-5-15)19(26)16-6-8-17(22)9-7-16;20-18-7-1-14(2-8-18)13-24(10-9-21)19(25)16-5-3-15(4-6-16)17-11-22-23-12-17;1-12(2,3)19-11(18)17-9-10(8-16-17)15-20-13(4,5)14(6,7)21-15;1-14(2,3)19-13(18)17-9-8-16-10-11-4-6-12(15)7-5-11;8-6-3-1-5(2-4-6)7(9)10;2-1-3;;/h7-14,17,19H,15-16,18H2,1-6H3,(H,31,36);4-11H,12-14H2,1-3H3,(H,24,27);1-8,11-12H,9-10,13,21H2,(H,22,23);8-9H,1-7H3;4-7,16H,8-10H2,1-3H3,(H,17,18);1-4H,(H,9,10);1H2;2*1H. The Hall–Kier alpha value is -12.2. The van der Waals surface area contributed by atoms with Gasteiger partial charge in [-0.2, -0.15) is 24.7 Å². The van der Waals surface area contributed by atoms with Crippen LogP contribution in [0.2, 0.25) is 0 Å². The zero-order valence-electron chi connectivity index (χ0n) is 85.7. The van der Waals surface area contributed by atoms with Crippen LogP contribution in [0.1, 0.15) is 195 Å². The fraction of sp³-hybridized carbons (Fsp3) is 0.371. The minimum Gasteiger partial charge on any atom is -0.478 e. The molecule has 796 valence electrons. The number of amides is 6. The smallest absolute Gasteiger partial charge is 0.478 e. The Morgan fingerprint density at radius 3 is 1.07 bits per heavy atom. The lowest BCUT2D eigenvalue weighted by molar-refractivity contribution is 0.00578. The van der Waals surface area contributed by atoms with E-state index in [2.05, 4.69) is 73.5 Å². The SMILES string of the molecule is CC(C)(C)OC(=O)NCCN(Cc1ccc(F)cc1)C(=O)c1ccc(-c2cnn(C(=O)OC(C)(C)C)c2)cc1.CC(C)(C)OC(=O)NCCN(Cc1ccc(F)cc1)C(=O)c1ccc(Br)cc1.CC(C)(C)OC(=O)NCCNCc1ccc(F)cc1.CC(C)(C)OC(=O)n1cc(B2OC(C)(C)C(C)(C)O2)cn1.Cl.Cl.ClCCl.NCCN(Cc1ccc(F)cc1)C(=O)c1ccc(-c2cn[nH]c2)cc1.O=C(O)c1ccc(Br)cc1. The molecule has 31 nitrogen and oxygen atoms in total. The molecule has 8 aromatic carbocycles. The fourth-order valence-corrected chi connectivity index (χ4v) is 13.0. The predicted molar refractivity (Wildman–Crippen MR) is 572 cm³/mol. The van der Waals surface area contributed by atoms with Gasteiger partial charge in [-0.05, 0) is 286 Å². The Balaban J connectivity index is 0.000000376. The fourth-order valence-electron chi connectivity index (χ4n) is 12.4. The first-order valence-corrected chi connectivity index (χ1v) is 48.7. The number of aromatic amines is 1. The van der Waals surface area contributed by atoms with Crippen LogP contribution in [0, 0.1) is 23.3 Å². The van der Waals surface area contributed by atoms with E-state index in [0.717, 1.165) is 57.3 Å². The third-order valence-electron chi connectivity index (χ3n) is 19.9. The van der Waals surface area contributed by atoms with Crippen LogP contribution in [0.3, 0.4) is 0 Å². The summed E-state index contributed by atoms with van der Waals surface area (Å²) in [4.78, 5) is 114. The highest BCUT2D eigenvalue weighted by Gasteiger charge is 2.52. The van der Waals surface area contributed by atoms with E-state index < -0.39 is 82.8 Å². The molecule has 1 saturated heterocycles. The van der Waals surface area contributed by atoms with Gasteiger partial charge in [0.15, 0.2) is 0 Å². The van der Waals surface area contributed by atoms with Crippen molar-refractivity contribution in [2.75, 3.05) is 57.7 Å². The Morgan fingerprint density at radius 1 is 0.422 bits per heavy atom. The molecule has 8 N–H and O–H groups in total. The number of aromatic nitrogens is 6. The number of hydrogen-bond acceptors (Lipinski definition) is 21. The molecule has 0 bridgehead atoms. The van der Waals surface area contributed by atoms with E-state index >= 15 is 0 Å². The summed E-state index contributed by atoms with van der Waals surface area (Å²) in [7, 11) is -0.536. The van der Waals surface area contributed by atoms with E-state index in [1.807, 2.05) is 81.4 Å². The van der Waals surface area contributed by atoms with Crippen molar-refractivity contribution >= 4 is 147 Å². The number of nitrogens with two attached hydrogens (primary N) is 1. The predicted octanol–water partition coefficient (Wildman–Crippen LogP) is 22.0. The van der Waals surface area contributed by atoms with Crippen molar-refractivity contribution in [2.45, 2.75) is 197 Å². The number of alkyl halides is 2. The molecule has 0 spiro atoms. The van der Waals surface area contributed by atoms with Crippen molar-refractivity contribution < 1.29 is 98.8 Å². The maximum Gasteiger partial charge on any atom is 0.498 e. The van der Waals surface area contributed by atoms with Crippen molar-refractivity contribution in [3.63, 3.8) is 0 Å². The van der Waals surface area contributed by atoms with Crippen LogP contribution in [0.25, 0.3) is 22.3 Å². The van der Waals surface area contributed by atoms with Gasteiger partial charge in [-0.1, -0.05) is 105 Å². The number of ether oxygens (including phenoxy) is 5. The van der Waals surface area contributed by atoms with Crippen LogP contribution in [0.5, 0.6) is 0 Å². The lowest BCUT2D eigenvalue weighted by Gasteiger charge is -2.32. The van der Waals surface area contributed by atoms with Gasteiger partial charge in [-0.15, -0.1) is 48.0 Å². The lowest BCUT2D eigenvalue weighted by Crippen LogP contribution is -2.41. The second kappa shape index (κ2) is 60.3. The summed E-state index contributed by atoms with van der Waals surface area (Å²) in [6.07, 6.45) is 7.13. The van der Waals surface area contributed by atoms with E-state index in [1.54, 1.807) is 248 Å². The molecule has 4 heterocycles. The van der Waals surface area contributed by atoms with Crippen molar-refractivity contribution in [1.29, 1.82) is 0 Å². The van der Waals surface area contributed by atoms with Gasteiger partial charge >= 0.3 is 43.6 Å². The molecular weight excluding hydrogens is 2120 g/mol. The first-order valence-electron chi connectivity index (χ1n) is 46.1. The maximum absolute atomic E-state index is 13.4. The van der Waals surface area contributed by atoms with Crippen LogP contribution in [0.4, 0.5) is 41.5 Å². The highest BCUT2D eigenvalue weighted by atomic mass is 79.9. The van der Waals surface area contributed by atoms with Crippen molar-refractivity contribution in [3.05, 3.63) is 308 Å². The van der Waals surface area contributed by atoms with Gasteiger partial charge in [0, 0.05) is 146 Å². The Kier molecular flexibility index (Phi) is 52.1. The average molecular weight is 2250 g/mol. The molecule has 0 aliphatic carbocycles. The van der Waals surface area contributed by atoms with Crippen LogP contribution in [-0.2, 0) is 59.2 Å². The number of hydrogen-bond donors (Lipinski definition) is 7. The van der Waals surface area contributed by atoms with Crippen LogP contribution < -0.4 is 32.5 Å². The second-order valence-electron chi connectivity index (χ2n) is 38.4. The van der Waals surface area contributed by atoms with E-state index in [0.29, 0.717) is 79.1 Å². The summed E-state index contributed by atoms with van der Waals surface area (Å²) in [5.74, 6) is -2.68. The van der Waals surface area contributed by atoms with E-state index in [1.165, 1.54) is 48.5 Å². The first-order chi connectivity index (χ1) is 67.9. The second-order valence-corrected chi connectivity index (χ2v) is 41.1. The minimum atomic E-state index is -0.896. The van der Waals surface area contributed by atoms with Crippen molar-refractivity contribution in [1.82, 2.24) is 65.7 Å². The summed E-state index contributed by atoms with van der Waals surface area (Å²) in [6.45, 7) is 39.1. The molecule has 147 heavy (non-hydrogen) atoms. The molecule has 12 rings (SSSR count). The normalized spacial score (nSPS) is 12.1. The quantitative estimate of drug-likeness (QED) is 0.00870. The average Bonchev–Trinajstić information content (AvgIpc) is 1.62. The number of aromatic carboxylic acids is 1.